The van der Waals surface area contributed by atoms with Crippen LogP contribution in [0.5, 0.6) is 0 Å². The van der Waals surface area contributed by atoms with Gasteiger partial charge in [-0.25, -0.2) is 4.39 Å². The summed E-state index contributed by atoms with van der Waals surface area (Å²) >= 11 is 0. The molecule has 1 aliphatic heterocycles. The molecule has 3 heterocycles. The molecule has 0 amide bonds. The zero-order valence-corrected chi connectivity index (χ0v) is 9.65. The van der Waals surface area contributed by atoms with Crippen LogP contribution in [-0.4, -0.2) is 49.0 Å². The van der Waals surface area contributed by atoms with Crippen LogP contribution in [0.2, 0.25) is 0 Å². The van der Waals surface area contributed by atoms with Crippen molar-refractivity contribution in [3.63, 3.8) is 0 Å². The minimum Gasteiger partial charge on any atom is -0.394 e. The molecule has 0 unspecified atom stereocenters. The average molecular weight is 270 g/mol. The van der Waals surface area contributed by atoms with Gasteiger partial charge in [-0.2, -0.15) is 9.67 Å². The Hall–Kier alpha value is -2.07. The molecular formula is C9H11FN6O3. The first-order valence-electron chi connectivity index (χ1n) is 5.61. The number of nitrogens with one attached hydrogen (secondary N) is 1. The van der Waals surface area contributed by atoms with E-state index in [2.05, 4.69) is 20.3 Å². The number of alkyl halides is 1. The van der Waals surface area contributed by atoms with Gasteiger partial charge in [0.25, 0.3) is 5.56 Å². The summed E-state index contributed by atoms with van der Waals surface area (Å²) in [4.78, 5) is 17.8. The molecule has 102 valence electrons. The van der Waals surface area contributed by atoms with Gasteiger partial charge in [-0.15, -0.1) is 5.10 Å². The Kier molecular flexibility index (Phi) is 2.68. The fraction of sp³-hybridized carbons (Fsp3) is 0.556. The summed E-state index contributed by atoms with van der Waals surface area (Å²) in [5, 5.41) is 16.4. The molecule has 0 bridgehead atoms. The van der Waals surface area contributed by atoms with Gasteiger partial charge in [0.05, 0.1) is 6.61 Å². The van der Waals surface area contributed by atoms with Gasteiger partial charge in [0.1, 0.15) is 12.3 Å². The lowest BCUT2D eigenvalue weighted by atomic mass is 10.2. The van der Waals surface area contributed by atoms with Crippen LogP contribution in [0.25, 0.3) is 11.2 Å². The third kappa shape index (κ3) is 1.85. The lowest BCUT2D eigenvalue weighted by molar-refractivity contribution is -0.0376. The third-order valence-corrected chi connectivity index (χ3v) is 2.97. The van der Waals surface area contributed by atoms with Gasteiger partial charge in [0.2, 0.25) is 5.95 Å². The highest BCUT2D eigenvalue weighted by molar-refractivity contribution is 5.69. The van der Waals surface area contributed by atoms with E-state index in [9.17, 15) is 9.18 Å². The largest absolute Gasteiger partial charge is 0.394 e. The van der Waals surface area contributed by atoms with Crippen LogP contribution >= 0.6 is 0 Å². The standard InChI is InChI=1S/C9H11FN6O3/c10-3-1-5(19-4(3)2-17)16-7-6(14-15-16)8(18)13-9(11)12-7/h3-5,17H,1-2H2,(H3,11,12,13,18)/t3-,4-,5-/m1/s1. The van der Waals surface area contributed by atoms with Crippen molar-refractivity contribution in [3.8, 4) is 0 Å². The number of hydrogen-bond acceptors (Lipinski definition) is 7. The topological polar surface area (TPSA) is 132 Å². The number of nitrogens with two attached hydrogens (primary N) is 1. The number of halogens is 1. The number of aliphatic hydroxyl groups excluding tert-OH is 1. The number of aromatic amines is 1. The molecular weight excluding hydrogens is 259 g/mol. The molecule has 19 heavy (non-hydrogen) atoms. The molecule has 0 aliphatic carbocycles. The Morgan fingerprint density at radius 3 is 3.11 bits per heavy atom. The number of rotatable bonds is 2. The predicted octanol–water partition coefficient (Wildman–Crippen LogP) is -1.29. The van der Waals surface area contributed by atoms with Gasteiger partial charge in [-0.1, -0.05) is 5.21 Å². The second-order valence-corrected chi connectivity index (χ2v) is 4.22. The van der Waals surface area contributed by atoms with Crippen LogP contribution in [-0.2, 0) is 4.74 Å². The lowest BCUT2D eigenvalue weighted by Crippen LogP contribution is -2.21. The smallest absolute Gasteiger partial charge is 0.282 e. The molecule has 1 fully saturated rings. The molecule has 1 aliphatic rings. The third-order valence-electron chi connectivity index (χ3n) is 2.97. The van der Waals surface area contributed by atoms with E-state index in [-0.39, 0.29) is 23.5 Å². The van der Waals surface area contributed by atoms with Crippen LogP contribution in [0.4, 0.5) is 10.3 Å². The first-order chi connectivity index (χ1) is 9.10. The fourth-order valence-electron chi connectivity index (χ4n) is 2.05. The molecule has 2 aromatic rings. The van der Waals surface area contributed by atoms with E-state index in [0.29, 0.717) is 0 Å². The molecule has 0 radical (unpaired) electrons. The van der Waals surface area contributed by atoms with Crippen molar-refractivity contribution in [2.75, 3.05) is 12.3 Å². The number of anilines is 1. The van der Waals surface area contributed by atoms with Crippen molar-refractivity contribution in [2.45, 2.75) is 24.9 Å². The molecule has 3 atom stereocenters. The SMILES string of the molecule is Nc1nc2c(nnn2[C@H]2C[C@@H](F)[C@@H](CO)O2)c(=O)[nH]1. The Bertz CT molecular complexity index is 670. The Balaban J connectivity index is 2.05. The van der Waals surface area contributed by atoms with E-state index in [1.807, 2.05) is 0 Å². The number of aliphatic hydroxyl groups is 1. The normalized spacial score (nSPS) is 27.2. The van der Waals surface area contributed by atoms with Crippen LogP contribution in [0.3, 0.4) is 0 Å². The van der Waals surface area contributed by atoms with Crippen molar-refractivity contribution >= 4 is 17.1 Å². The molecule has 0 aromatic carbocycles. The number of nitrogen functional groups attached to an aromatic ring is 1. The molecule has 3 rings (SSSR count). The minimum absolute atomic E-state index is 0.000608. The molecule has 1 saturated heterocycles. The van der Waals surface area contributed by atoms with Gasteiger partial charge < -0.3 is 15.6 Å². The van der Waals surface area contributed by atoms with E-state index in [4.69, 9.17) is 15.6 Å². The van der Waals surface area contributed by atoms with Crippen molar-refractivity contribution in [3.05, 3.63) is 10.4 Å². The Morgan fingerprint density at radius 1 is 1.63 bits per heavy atom. The van der Waals surface area contributed by atoms with Crippen LogP contribution < -0.4 is 11.3 Å². The van der Waals surface area contributed by atoms with Gasteiger partial charge >= 0.3 is 0 Å². The Labute approximate surface area is 105 Å². The Morgan fingerprint density at radius 2 is 2.42 bits per heavy atom. The van der Waals surface area contributed by atoms with Crippen molar-refractivity contribution in [1.82, 2.24) is 25.0 Å². The summed E-state index contributed by atoms with van der Waals surface area (Å²) in [6, 6.07) is 0. The highest BCUT2D eigenvalue weighted by Crippen LogP contribution is 2.31. The highest BCUT2D eigenvalue weighted by atomic mass is 19.1. The summed E-state index contributed by atoms with van der Waals surface area (Å²) in [6.45, 7) is -0.430. The second kappa shape index (κ2) is 4.24. The summed E-state index contributed by atoms with van der Waals surface area (Å²) in [5.74, 6) is -0.0884. The van der Waals surface area contributed by atoms with Gasteiger partial charge in [0.15, 0.2) is 17.4 Å². The number of nitrogens with zero attached hydrogens (tertiary/aromatic N) is 4. The van der Waals surface area contributed by atoms with Crippen LogP contribution in [0.15, 0.2) is 4.79 Å². The number of H-pyrrole nitrogens is 1. The minimum atomic E-state index is -1.31. The molecule has 2 aromatic heterocycles. The van der Waals surface area contributed by atoms with E-state index in [0.717, 1.165) is 0 Å². The zero-order chi connectivity index (χ0) is 13.6. The van der Waals surface area contributed by atoms with Crippen molar-refractivity contribution < 1.29 is 14.2 Å². The second-order valence-electron chi connectivity index (χ2n) is 4.22. The maximum atomic E-state index is 13.5. The van der Waals surface area contributed by atoms with E-state index in [1.165, 1.54) is 4.68 Å². The summed E-state index contributed by atoms with van der Waals surface area (Å²) < 4.78 is 20.0. The highest BCUT2D eigenvalue weighted by Gasteiger charge is 2.37. The van der Waals surface area contributed by atoms with E-state index < -0.39 is 30.7 Å². The zero-order valence-electron chi connectivity index (χ0n) is 9.65. The van der Waals surface area contributed by atoms with Crippen LogP contribution in [0.1, 0.15) is 12.6 Å². The molecule has 0 saturated carbocycles. The van der Waals surface area contributed by atoms with Gasteiger partial charge in [-0.05, 0) is 0 Å². The van der Waals surface area contributed by atoms with Crippen molar-refractivity contribution in [1.29, 1.82) is 0 Å². The van der Waals surface area contributed by atoms with Crippen LogP contribution in [0, 0.1) is 0 Å². The number of fused-ring (bicyclic) bond motifs is 1. The molecule has 9 nitrogen and oxygen atoms in total. The maximum absolute atomic E-state index is 13.5. The molecule has 4 N–H and O–H groups in total. The number of hydrogen-bond donors (Lipinski definition) is 3. The molecule has 0 spiro atoms. The number of ether oxygens (including phenoxy) is 1. The molecule has 10 heteroatoms. The number of aromatic nitrogens is 5. The maximum Gasteiger partial charge on any atom is 0.282 e. The summed E-state index contributed by atoms with van der Waals surface area (Å²) in [5.41, 5.74) is 5.04. The first kappa shape index (κ1) is 12.0. The summed E-state index contributed by atoms with van der Waals surface area (Å²) in [6.07, 6.45) is -3.00. The lowest BCUT2D eigenvalue weighted by Gasteiger charge is -2.11. The quantitative estimate of drug-likeness (QED) is 0.618. The van der Waals surface area contributed by atoms with Crippen molar-refractivity contribution in [2.24, 2.45) is 0 Å². The summed E-state index contributed by atoms with van der Waals surface area (Å²) in [7, 11) is 0. The monoisotopic (exact) mass is 270 g/mol. The van der Waals surface area contributed by atoms with E-state index >= 15 is 0 Å². The first-order valence-corrected chi connectivity index (χ1v) is 5.61. The predicted molar refractivity (Wildman–Crippen MR) is 60.9 cm³/mol. The fourth-order valence-corrected chi connectivity index (χ4v) is 2.05. The van der Waals surface area contributed by atoms with Gasteiger partial charge in [-0.3, -0.25) is 9.78 Å². The average Bonchev–Trinajstić information content (AvgIpc) is 2.92. The van der Waals surface area contributed by atoms with E-state index in [1.54, 1.807) is 0 Å². The van der Waals surface area contributed by atoms with Gasteiger partial charge in [0, 0.05) is 6.42 Å².